The Balaban J connectivity index is 2.82. The molecule has 20 heavy (non-hydrogen) atoms. The van der Waals surface area contributed by atoms with Gasteiger partial charge in [0.1, 0.15) is 0 Å². The standard InChI is InChI=1S/C15H18N2O3/c1-3-11-16(2)15(20)17(12-7-10-14(18)19)13-8-5-4-6-9-13/h1,4-6,8-9H,7,10-12H2,2H3,(H,18,19). The molecule has 1 rings (SSSR count). The minimum Gasteiger partial charge on any atom is -0.481 e. The first-order valence-corrected chi connectivity index (χ1v) is 6.29. The van der Waals surface area contributed by atoms with Gasteiger partial charge in [-0.05, 0) is 18.6 Å². The van der Waals surface area contributed by atoms with Gasteiger partial charge in [0.2, 0.25) is 0 Å². The van der Waals surface area contributed by atoms with Crippen molar-refractivity contribution in [2.75, 3.05) is 25.0 Å². The Morgan fingerprint density at radius 1 is 1.30 bits per heavy atom. The summed E-state index contributed by atoms with van der Waals surface area (Å²) >= 11 is 0. The smallest absolute Gasteiger partial charge is 0.325 e. The van der Waals surface area contributed by atoms with Crippen molar-refractivity contribution < 1.29 is 14.7 Å². The van der Waals surface area contributed by atoms with E-state index in [1.807, 2.05) is 30.3 Å². The largest absolute Gasteiger partial charge is 0.481 e. The van der Waals surface area contributed by atoms with E-state index in [9.17, 15) is 9.59 Å². The van der Waals surface area contributed by atoms with E-state index in [-0.39, 0.29) is 19.0 Å². The number of carbonyl (C=O) groups is 2. The van der Waals surface area contributed by atoms with Crippen LogP contribution < -0.4 is 4.90 Å². The van der Waals surface area contributed by atoms with Gasteiger partial charge in [0.05, 0.1) is 6.54 Å². The third-order valence-corrected chi connectivity index (χ3v) is 2.73. The Kier molecular flexibility index (Phi) is 6.11. The maximum absolute atomic E-state index is 12.3. The number of urea groups is 1. The number of hydrogen-bond acceptors (Lipinski definition) is 2. The van der Waals surface area contributed by atoms with Crippen LogP contribution in [0, 0.1) is 12.3 Å². The Hall–Kier alpha value is -2.48. The van der Waals surface area contributed by atoms with Crippen LogP contribution in [0.4, 0.5) is 10.5 Å². The lowest BCUT2D eigenvalue weighted by atomic mass is 10.2. The molecule has 0 radical (unpaired) electrons. The fourth-order valence-electron chi connectivity index (χ4n) is 1.74. The van der Waals surface area contributed by atoms with Gasteiger partial charge in [0.25, 0.3) is 0 Å². The molecule has 1 aromatic carbocycles. The Labute approximate surface area is 118 Å². The second-order valence-corrected chi connectivity index (χ2v) is 4.33. The van der Waals surface area contributed by atoms with Gasteiger partial charge in [-0.15, -0.1) is 6.42 Å². The average molecular weight is 274 g/mol. The Bertz CT molecular complexity index is 494. The van der Waals surface area contributed by atoms with E-state index >= 15 is 0 Å². The first-order chi connectivity index (χ1) is 9.56. The molecule has 106 valence electrons. The third kappa shape index (κ3) is 4.65. The van der Waals surface area contributed by atoms with Crippen molar-refractivity contribution in [3.8, 4) is 12.3 Å². The van der Waals surface area contributed by atoms with Crippen LogP contribution in [0.15, 0.2) is 30.3 Å². The molecule has 1 N–H and O–H groups in total. The highest BCUT2D eigenvalue weighted by Crippen LogP contribution is 2.16. The number of carboxylic acid groups (broad SMARTS) is 1. The van der Waals surface area contributed by atoms with Crippen LogP contribution in [-0.4, -0.2) is 42.1 Å². The zero-order valence-electron chi connectivity index (χ0n) is 11.5. The highest BCUT2D eigenvalue weighted by molar-refractivity contribution is 5.92. The first kappa shape index (κ1) is 15.6. The number of para-hydroxylation sites is 1. The highest BCUT2D eigenvalue weighted by atomic mass is 16.4. The SMILES string of the molecule is C#CCN(C)C(=O)N(CCCC(=O)O)c1ccccc1. The Morgan fingerprint density at radius 3 is 2.50 bits per heavy atom. The van der Waals surface area contributed by atoms with E-state index in [4.69, 9.17) is 11.5 Å². The van der Waals surface area contributed by atoms with Crippen LogP contribution in [0.2, 0.25) is 0 Å². The van der Waals surface area contributed by atoms with Crippen LogP contribution in [0.3, 0.4) is 0 Å². The van der Waals surface area contributed by atoms with Gasteiger partial charge in [-0.1, -0.05) is 24.1 Å². The molecule has 0 bridgehead atoms. The number of nitrogens with zero attached hydrogens (tertiary/aromatic N) is 2. The predicted molar refractivity (Wildman–Crippen MR) is 77.5 cm³/mol. The molecule has 0 aliphatic heterocycles. The van der Waals surface area contributed by atoms with Crippen LogP contribution in [-0.2, 0) is 4.79 Å². The molecule has 0 spiro atoms. The molecule has 0 unspecified atom stereocenters. The van der Waals surface area contributed by atoms with E-state index in [2.05, 4.69) is 5.92 Å². The lowest BCUT2D eigenvalue weighted by Crippen LogP contribution is -2.42. The van der Waals surface area contributed by atoms with Crippen LogP contribution in [0.1, 0.15) is 12.8 Å². The Morgan fingerprint density at radius 2 is 1.95 bits per heavy atom. The van der Waals surface area contributed by atoms with Gasteiger partial charge in [0, 0.05) is 25.7 Å². The van der Waals surface area contributed by atoms with E-state index in [0.29, 0.717) is 13.0 Å². The van der Waals surface area contributed by atoms with Crippen molar-refractivity contribution in [1.29, 1.82) is 0 Å². The molecule has 0 fully saturated rings. The van der Waals surface area contributed by atoms with Crippen molar-refractivity contribution in [2.24, 2.45) is 0 Å². The molecule has 0 aromatic heterocycles. The normalized spacial score (nSPS) is 9.60. The summed E-state index contributed by atoms with van der Waals surface area (Å²) in [5, 5.41) is 8.69. The summed E-state index contributed by atoms with van der Waals surface area (Å²) in [6.07, 6.45) is 5.62. The molecule has 0 heterocycles. The molecular weight excluding hydrogens is 256 g/mol. The zero-order valence-corrected chi connectivity index (χ0v) is 11.5. The van der Waals surface area contributed by atoms with Gasteiger partial charge < -0.3 is 10.0 Å². The number of amides is 2. The molecule has 5 heteroatoms. The summed E-state index contributed by atoms with van der Waals surface area (Å²) < 4.78 is 0. The second-order valence-electron chi connectivity index (χ2n) is 4.33. The second kappa shape index (κ2) is 7.85. The van der Waals surface area contributed by atoms with Gasteiger partial charge in [-0.3, -0.25) is 9.69 Å². The summed E-state index contributed by atoms with van der Waals surface area (Å²) in [5.74, 6) is 1.54. The average Bonchev–Trinajstić information content (AvgIpc) is 2.44. The number of carbonyl (C=O) groups excluding carboxylic acids is 1. The summed E-state index contributed by atoms with van der Waals surface area (Å²) in [5.41, 5.74) is 0.728. The van der Waals surface area contributed by atoms with Crippen molar-refractivity contribution in [2.45, 2.75) is 12.8 Å². The van der Waals surface area contributed by atoms with Crippen LogP contribution >= 0.6 is 0 Å². The van der Waals surface area contributed by atoms with E-state index in [1.165, 1.54) is 4.90 Å². The molecule has 5 nitrogen and oxygen atoms in total. The predicted octanol–water partition coefficient (Wildman–Crippen LogP) is 2.04. The minimum absolute atomic E-state index is 0.0233. The molecule has 2 amide bonds. The number of terminal acetylenes is 1. The molecule has 1 aromatic rings. The molecule has 0 atom stereocenters. The lowest BCUT2D eigenvalue weighted by Gasteiger charge is -2.27. The number of anilines is 1. The van der Waals surface area contributed by atoms with Gasteiger partial charge in [-0.2, -0.15) is 0 Å². The van der Waals surface area contributed by atoms with E-state index in [1.54, 1.807) is 11.9 Å². The molecule has 0 saturated carbocycles. The molecule has 0 saturated heterocycles. The number of aliphatic carboxylic acids is 1. The number of rotatable bonds is 6. The van der Waals surface area contributed by atoms with Gasteiger partial charge in [-0.25, -0.2) is 4.79 Å². The van der Waals surface area contributed by atoms with E-state index in [0.717, 1.165) is 5.69 Å². The third-order valence-electron chi connectivity index (χ3n) is 2.73. The van der Waals surface area contributed by atoms with E-state index < -0.39 is 5.97 Å². The van der Waals surface area contributed by atoms with Crippen molar-refractivity contribution in [3.05, 3.63) is 30.3 Å². The summed E-state index contributed by atoms with van der Waals surface area (Å²) in [6.45, 7) is 0.547. The minimum atomic E-state index is -0.873. The molecule has 0 aliphatic rings. The summed E-state index contributed by atoms with van der Waals surface area (Å²) in [4.78, 5) is 25.9. The number of benzene rings is 1. The lowest BCUT2D eigenvalue weighted by molar-refractivity contribution is -0.137. The van der Waals surface area contributed by atoms with Crippen molar-refractivity contribution in [1.82, 2.24) is 4.90 Å². The zero-order chi connectivity index (χ0) is 15.0. The van der Waals surface area contributed by atoms with Crippen LogP contribution in [0.5, 0.6) is 0 Å². The maximum atomic E-state index is 12.3. The highest BCUT2D eigenvalue weighted by Gasteiger charge is 2.19. The summed E-state index contributed by atoms with van der Waals surface area (Å²) in [6, 6.07) is 8.89. The summed E-state index contributed by atoms with van der Waals surface area (Å²) in [7, 11) is 1.62. The number of carboxylic acids is 1. The fourth-order valence-corrected chi connectivity index (χ4v) is 1.74. The maximum Gasteiger partial charge on any atom is 0.325 e. The van der Waals surface area contributed by atoms with Crippen molar-refractivity contribution >= 4 is 17.7 Å². The topological polar surface area (TPSA) is 60.9 Å². The quantitative estimate of drug-likeness (QED) is 0.807. The van der Waals surface area contributed by atoms with Gasteiger partial charge >= 0.3 is 12.0 Å². The molecular formula is C15H18N2O3. The monoisotopic (exact) mass is 274 g/mol. The fraction of sp³-hybridized carbons (Fsp3) is 0.333. The van der Waals surface area contributed by atoms with Crippen molar-refractivity contribution in [3.63, 3.8) is 0 Å². The molecule has 0 aliphatic carbocycles. The van der Waals surface area contributed by atoms with Crippen LogP contribution in [0.25, 0.3) is 0 Å². The number of hydrogen-bond donors (Lipinski definition) is 1. The first-order valence-electron chi connectivity index (χ1n) is 6.29. The van der Waals surface area contributed by atoms with Gasteiger partial charge in [0.15, 0.2) is 0 Å².